The standard InChI is InChI=1S/C11H14N2O2S2/c1-3-8-13(14-15-16-2)11-12-9-6-4-5-7-10(9)17-11/h4-7H,3,8H2,1-2H3. The summed E-state index contributed by atoms with van der Waals surface area (Å²) < 4.78 is 6.06. The average molecular weight is 270 g/mol. The number of para-hydroxylation sites is 1. The number of rotatable bonds is 6. The maximum atomic E-state index is 5.19. The summed E-state index contributed by atoms with van der Waals surface area (Å²) in [4.78, 5) is 9.71. The SMILES string of the molecule is CCCN(OOSC)c1nc2ccccc2s1. The summed E-state index contributed by atoms with van der Waals surface area (Å²) in [6.07, 6.45) is 2.77. The summed E-state index contributed by atoms with van der Waals surface area (Å²) in [5.74, 6) is 0. The van der Waals surface area contributed by atoms with Crippen molar-refractivity contribution in [2.75, 3.05) is 17.9 Å². The van der Waals surface area contributed by atoms with Gasteiger partial charge >= 0.3 is 0 Å². The fourth-order valence-corrected chi connectivity index (χ4v) is 2.47. The lowest BCUT2D eigenvalue weighted by atomic mass is 10.3. The molecule has 0 amide bonds. The van der Waals surface area contributed by atoms with Crippen LogP contribution < -0.4 is 5.06 Å². The second kappa shape index (κ2) is 6.20. The summed E-state index contributed by atoms with van der Waals surface area (Å²) >= 11 is 2.77. The summed E-state index contributed by atoms with van der Waals surface area (Å²) in [5, 5.41) is 2.50. The van der Waals surface area contributed by atoms with E-state index in [2.05, 4.69) is 18.0 Å². The molecular formula is C11H14N2O2S2. The van der Waals surface area contributed by atoms with Crippen LogP contribution >= 0.6 is 23.4 Å². The summed E-state index contributed by atoms with van der Waals surface area (Å²) in [5.41, 5.74) is 0.987. The molecule has 1 heterocycles. The van der Waals surface area contributed by atoms with Gasteiger partial charge in [0, 0.05) is 18.3 Å². The quantitative estimate of drug-likeness (QED) is 0.455. The van der Waals surface area contributed by atoms with Crippen molar-refractivity contribution in [2.45, 2.75) is 13.3 Å². The zero-order valence-corrected chi connectivity index (χ0v) is 11.4. The van der Waals surface area contributed by atoms with Crippen LogP contribution in [-0.2, 0) is 9.32 Å². The van der Waals surface area contributed by atoms with Crippen LogP contribution in [0.25, 0.3) is 10.2 Å². The van der Waals surface area contributed by atoms with E-state index >= 15 is 0 Å². The molecule has 2 rings (SSSR count). The van der Waals surface area contributed by atoms with E-state index in [1.54, 1.807) is 16.4 Å². The lowest BCUT2D eigenvalue weighted by Crippen LogP contribution is -2.23. The number of anilines is 1. The maximum Gasteiger partial charge on any atom is 0.213 e. The molecule has 0 saturated heterocycles. The number of benzene rings is 1. The van der Waals surface area contributed by atoms with Crippen LogP contribution in [0.3, 0.4) is 0 Å². The van der Waals surface area contributed by atoms with Crippen LogP contribution in [0.2, 0.25) is 0 Å². The number of fused-ring (bicyclic) bond motifs is 1. The van der Waals surface area contributed by atoms with Gasteiger partial charge in [0.15, 0.2) is 0 Å². The number of nitrogens with zero attached hydrogens (tertiary/aromatic N) is 2. The monoisotopic (exact) mass is 270 g/mol. The average Bonchev–Trinajstić information content (AvgIpc) is 2.78. The third-order valence-electron chi connectivity index (χ3n) is 2.11. The van der Waals surface area contributed by atoms with E-state index in [0.29, 0.717) is 0 Å². The van der Waals surface area contributed by atoms with Crippen molar-refractivity contribution in [3.63, 3.8) is 0 Å². The predicted molar refractivity (Wildman–Crippen MR) is 72.9 cm³/mol. The van der Waals surface area contributed by atoms with Gasteiger partial charge in [-0.25, -0.2) is 4.98 Å². The largest absolute Gasteiger partial charge is 0.218 e. The molecule has 2 aromatic rings. The van der Waals surface area contributed by atoms with Gasteiger partial charge in [-0.1, -0.05) is 35.4 Å². The Morgan fingerprint density at radius 2 is 2.24 bits per heavy atom. The van der Waals surface area contributed by atoms with Crippen molar-refractivity contribution in [3.8, 4) is 0 Å². The van der Waals surface area contributed by atoms with Gasteiger partial charge in [0.2, 0.25) is 5.13 Å². The molecule has 4 nitrogen and oxygen atoms in total. The third kappa shape index (κ3) is 3.10. The fraction of sp³-hybridized carbons (Fsp3) is 0.364. The highest BCUT2D eigenvalue weighted by atomic mass is 32.2. The van der Waals surface area contributed by atoms with E-state index in [-0.39, 0.29) is 0 Å². The molecule has 0 unspecified atom stereocenters. The van der Waals surface area contributed by atoms with Gasteiger partial charge in [-0.15, -0.1) is 4.33 Å². The van der Waals surface area contributed by atoms with Crippen LogP contribution in [0, 0.1) is 0 Å². The molecule has 0 fully saturated rings. The molecule has 0 aliphatic carbocycles. The third-order valence-corrected chi connectivity index (χ3v) is 3.35. The minimum absolute atomic E-state index is 0.750. The van der Waals surface area contributed by atoms with Crippen molar-refractivity contribution < 1.29 is 9.32 Å². The molecule has 0 bridgehead atoms. The Hall–Kier alpha value is -0.820. The first kappa shape index (κ1) is 12.6. The molecule has 0 saturated carbocycles. The number of hydrogen-bond acceptors (Lipinski definition) is 6. The van der Waals surface area contributed by atoms with Crippen molar-refractivity contribution in [1.82, 2.24) is 4.98 Å². The Morgan fingerprint density at radius 3 is 2.94 bits per heavy atom. The van der Waals surface area contributed by atoms with E-state index in [0.717, 1.165) is 28.3 Å². The molecule has 0 atom stereocenters. The fourth-order valence-electron chi connectivity index (χ4n) is 1.40. The molecule has 1 aromatic carbocycles. The van der Waals surface area contributed by atoms with Crippen molar-refractivity contribution in [1.29, 1.82) is 0 Å². The number of aromatic nitrogens is 1. The number of hydroxylamine groups is 1. The first-order valence-electron chi connectivity index (χ1n) is 5.35. The zero-order chi connectivity index (χ0) is 12.1. The first-order chi connectivity index (χ1) is 8.35. The molecule has 17 heavy (non-hydrogen) atoms. The van der Waals surface area contributed by atoms with E-state index in [1.165, 1.54) is 12.0 Å². The lowest BCUT2D eigenvalue weighted by molar-refractivity contribution is -0.203. The van der Waals surface area contributed by atoms with Crippen molar-refractivity contribution in [2.24, 2.45) is 0 Å². The Bertz CT molecular complexity index is 442. The van der Waals surface area contributed by atoms with E-state index < -0.39 is 0 Å². The lowest BCUT2D eigenvalue weighted by Gasteiger charge is -2.16. The topological polar surface area (TPSA) is 34.6 Å². The molecule has 1 aromatic heterocycles. The van der Waals surface area contributed by atoms with Crippen molar-refractivity contribution in [3.05, 3.63) is 24.3 Å². The normalized spacial score (nSPS) is 10.9. The van der Waals surface area contributed by atoms with Crippen LogP contribution in [-0.4, -0.2) is 17.8 Å². The molecule has 92 valence electrons. The van der Waals surface area contributed by atoms with Crippen LogP contribution in [0.1, 0.15) is 13.3 Å². The highest BCUT2D eigenvalue weighted by Crippen LogP contribution is 2.29. The highest BCUT2D eigenvalue weighted by Gasteiger charge is 2.13. The van der Waals surface area contributed by atoms with E-state index in [4.69, 9.17) is 9.32 Å². The van der Waals surface area contributed by atoms with Crippen LogP contribution in [0.5, 0.6) is 0 Å². The summed E-state index contributed by atoms with van der Waals surface area (Å²) in [6, 6.07) is 8.04. The van der Waals surface area contributed by atoms with E-state index in [1.807, 2.05) is 24.5 Å². The van der Waals surface area contributed by atoms with Crippen LogP contribution in [0.15, 0.2) is 24.3 Å². The van der Waals surface area contributed by atoms with Gasteiger partial charge < -0.3 is 0 Å². The molecule has 0 spiro atoms. The van der Waals surface area contributed by atoms with Gasteiger partial charge in [0.1, 0.15) is 0 Å². The Labute approximate surface area is 109 Å². The number of thiazole rings is 1. The Kier molecular flexibility index (Phi) is 4.61. The summed E-state index contributed by atoms with van der Waals surface area (Å²) in [7, 11) is 0. The van der Waals surface area contributed by atoms with Gasteiger partial charge in [0.05, 0.1) is 16.8 Å². The van der Waals surface area contributed by atoms with Gasteiger partial charge in [-0.05, 0) is 18.6 Å². The second-order valence-corrected chi connectivity index (χ2v) is 4.85. The predicted octanol–water partition coefficient (Wildman–Crippen LogP) is 3.65. The first-order valence-corrected chi connectivity index (χ1v) is 7.32. The van der Waals surface area contributed by atoms with Gasteiger partial charge in [-0.2, -0.15) is 5.06 Å². The molecule has 0 aliphatic rings. The Morgan fingerprint density at radius 1 is 1.41 bits per heavy atom. The molecular weight excluding hydrogens is 256 g/mol. The maximum absolute atomic E-state index is 5.19. The zero-order valence-electron chi connectivity index (χ0n) is 9.75. The molecule has 6 heteroatoms. The van der Waals surface area contributed by atoms with Gasteiger partial charge in [0.25, 0.3) is 0 Å². The molecule has 0 N–H and O–H groups in total. The Balaban J connectivity index is 2.21. The summed E-state index contributed by atoms with van der Waals surface area (Å²) in [6.45, 7) is 2.84. The smallest absolute Gasteiger partial charge is 0.213 e. The minimum Gasteiger partial charge on any atom is -0.218 e. The highest BCUT2D eigenvalue weighted by molar-refractivity contribution is 7.93. The van der Waals surface area contributed by atoms with E-state index in [9.17, 15) is 0 Å². The molecule has 0 radical (unpaired) electrons. The minimum atomic E-state index is 0.750. The van der Waals surface area contributed by atoms with Crippen LogP contribution in [0.4, 0.5) is 5.13 Å². The molecule has 0 aliphatic heterocycles. The second-order valence-electron chi connectivity index (χ2n) is 3.38. The number of hydrogen-bond donors (Lipinski definition) is 0. The van der Waals surface area contributed by atoms with Crippen molar-refractivity contribution >= 4 is 38.7 Å². The van der Waals surface area contributed by atoms with Gasteiger partial charge in [-0.3, -0.25) is 0 Å².